The number of alkyl carbamates (subject to hydrolysis) is 1. The van der Waals surface area contributed by atoms with E-state index in [1.807, 2.05) is 20.8 Å². The minimum absolute atomic E-state index is 0.116. The minimum atomic E-state index is -0.465. The number of hydrogen-bond acceptors (Lipinski definition) is 5. The van der Waals surface area contributed by atoms with E-state index in [-0.39, 0.29) is 12.1 Å². The Hall–Kier alpha value is -1.63. The number of amides is 1. The van der Waals surface area contributed by atoms with Gasteiger partial charge in [0.05, 0.1) is 6.04 Å². The maximum Gasteiger partial charge on any atom is 0.407 e. The van der Waals surface area contributed by atoms with Gasteiger partial charge in [0, 0.05) is 26.1 Å². The van der Waals surface area contributed by atoms with Gasteiger partial charge in [-0.2, -0.15) is 0 Å². The van der Waals surface area contributed by atoms with Gasteiger partial charge < -0.3 is 19.9 Å². The summed E-state index contributed by atoms with van der Waals surface area (Å²) in [5.74, 6) is 2.05. The number of hydrogen-bond donors (Lipinski definition) is 2. The van der Waals surface area contributed by atoms with E-state index in [0.717, 1.165) is 31.0 Å². The van der Waals surface area contributed by atoms with Crippen LogP contribution in [-0.4, -0.2) is 39.5 Å². The quantitative estimate of drug-likeness (QED) is 0.803. The van der Waals surface area contributed by atoms with Crippen molar-refractivity contribution in [2.45, 2.75) is 58.7 Å². The first-order valence-electron chi connectivity index (χ1n) is 7.49. The molecule has 0 saturated heterocycles. The Morgan fingerprint density at radius 1 is 1.38 bits per heavy atom. The molecule has 0 aliphatic carbocycles. The van der Waals surface area contributed by atoms with Crippen LogP contribution in [0.15, 0.2) is 0 Å². The van der Waals surface area contributed by atoms with Crippen molar-refractivity contribution in [3.8, 4) is 0 Å². The molecule has 0 bridgehead atoms. The van der Waals surface area contributed by atoms with Crippen LogP contribution in [0, 0.1) is 0 Å². The molecule has 7 heteroatoms. The summed E-state index contributed by atoms with van der Waals surface area (Å²) in [6.07, 6.45) is 1.77. The van der Waals surface area contributed by atoms with Crippen LogP contribution in [0.25, 0.3) is 0 Å². The predicted octanol–water partition coefficient (Wildman–Crippen LogP) is 1.40. The van der Waals surface area contributed by atoms with Gasteiger partial charge in [-0.05, 0) is 34.1 Å². The second kappa shape index (κ2) is 6.43. The van der Waals surface area contributed by atoms with E-state index in [4.69, 9.17) is 4.74 Å². The molecule has 0 spiro atoms. The van der Waals surface area contributed by atoms with Crippen LogP contribution in [0.3, 0.4) is 0 Å². The van der Waals surface area contributed by atoms with Crippen LogP contribution in [-0.2, 0) is 17.7 Å². The zero-order chi connectivity index (χ0) is 15.5. The number of rotatable bonds is 5. The van der Waals surface area contributed by atoms with E-state index < -0.39 is 5.60 Å². The van der Waals surface area contributed by atoms with E-state index in [2.05, 4.69) is 32.3 Å². The fourth-order valence-corrected chi connectivity index (χ4v) is 2.35. The first kappa shape index (κ1) is 15.8. The summed E-state index contributed by atoms with van der Waals surface area (Å²) in [5, 5.41) is 14.5. The third-order valence-corrected chi connectivity index (χ3v) is 3.27. The average molecular weight is 295 g/mol. The highest BCUT2D eigenvalue weighted by molar-refractivity contribution is 5.67. The van der Waals surface area contributed by atoms with Gasteiger partial charge in [0.25, 0.3) is 0 Å². The van der Waals surface area contributed by atoms with Crippen LogP contribution >= 0.6 is 0 Å². The van der Waals surface area contributed by atoms with Gasteiger partial charge in [-0.3, -0.25) is 0 Å². The molecule has 2 rings (SSSR count). The number of aryl methyl sites for hydroxylation is 1. The molecule has 2 N–H and O–H groups in total. The Morgan fingerprint density at radius 2 is 2.14 bits per heavy atom. The topological polar surface area (TPSA) is 81.1 Å². The van der Waals surface area contributed by atoms with Crippen LogP contribution in [0.1, 0.15) is 51.8 Å². The number of nitrogens with one attached hydrogen (secondary N) is 2. The van der Waals surface area contributed by atoms with E-state index in [0.29, 0.717) is 13.1 Å². The molecule has 0 saturated carbocycles. The molecule has 118 valence electrons. The molecule has 2 heterocycles. The van der Waals surface area contributed by atoms with E-state index in [1.54, 1.807) is 0 Å². The van der Waals surface area contributed by atoms with Gasteiger partial charge in [0.1, 0.15) is 17.2 Å². The molecule has 1 aliphatic rings. The Balaban J connectivity index is 1.70. The summed E-state index contributed by atoms with van der Waals surface area (Å²) in [5.41, 5.74) is -0.465. The molecule has 1 unspecified atom stereocenters. The minimum Gasteiger partial charge on any atom is -0.444 e. The number of nitrogens with zero attached hydrogens (tertiary/aromatic N) is 3. The lowest BCUT2D eigenvalue weighted by Crippen LogP contribution is -2.37. The molecule has 1 atom stereocenters. The number of ether oxygens (including phenoxy) is 1. The summed E-state index contributed by atoms with van der Waals surface area (Å²) < 4.78 is 7.35. The second-order valence-corrected chi connectivity index (χ2v) is 6.33. The van der Waals surface area contributed by atoms with Crippen molar-refractivity contribution in [2.75, 3.05) is 13.1 Å². The number of aromatic nitrogens is 3. The number of fused-ring (bicyclic) bond motifs is 1. The molecule has 1 aromatic heterocycles. The highest BCUT2D eigenvalue weighted by Gasteiger charge is 2.21. The van der Waals surface area contributed by atoms with Gasteiger partial charge in [0.2, 0.25) is 0 Å². The van der Waals surface area contributed by atoms with Crippen molar-refractivity contribution in [1.82, 2.24) is 25.4 Å². The van der Waals surface area contributed by atoms with Crippen molar-refractivity contribution < 1.29 is 9.53 Å². The van der Waals surface area contributed by atoms with Crippen LogP contribution in [0.5, 0.6) is 0 Å². The molecule has 1 aliphatic heterocycles. The largest absolute Gasteiger partial charge is 0.444 e. The predicted molar refractivity (Wildman–Crippen MR) is 79.0 cm³/mol. The number of carbonyl (C=O) groups excluding carboxylic acids is 1. The van der Waals surface area contributed by atoms with Crippen molar-refractivity contribution in [3.05, 3.63) is 11.6 Å². The third kappa shape index (κ3) is 4.42. The summed E-state index contributed by atoms with van der Waals surface area (Å²) in [6.45, 7) is 9.77. The van der Waals surface area contributed by atoms with Crippen LogP contribution in [0.4, 0.5) is 4.79 Å². The first-order chi connectivity index (χ1) is 9.87. The average Bonchev–Trinajstić information content (AvgIpc) is 2.94. The standard InChI is InChI=1S/C14H25N5O2/c1-10(12-18-17-11-6-5-9-19(11)12)15-7-8-16-13(20)21-14(2,3)4/h10,15H,5-9H2,1-4H3,(H,16,20). The molecule has 0 aromatic carbocycles. The van der Waals surface area contributed by atoms with Gasteiger partial charge in [-0.1, -0.05) is 0 Å². The normalized spacial score (nSPS) is 15.6. The maximum absolute atomic E-state index is 11.5. The Labute approximate surface area is 125 Å². The highest BCUT2D eigenvalue weighted by atomic mass is 16.6. The van der Waals surface area contributed by atoms with Gasteiger partial charge >= 0.3 is 6.09 Å². The van der Waals surface area contributed by atoms with Crippen LogP contribution < -0.4 is 10.6 Å². The lowest BCUT2D eigenvalue weighted by Gasteiger charge is -2.20. The summed E-state index contributed by atoms with van der Waals surface area (Å²) in [6, 6.07) is 0.116. The molecule has 0 radical (unpaired) electrons. The molecule has 21 heavy (non-hydrogen) atoms. The molecule has 1 amide bonds. The molecule has 7 nitrogen and oxygen atoms in total. The third-order valence-electron chi connectivity index (χ3n) is 3.27. The Bertz CT molecular complexity index is 492. The first-order valence-corrected chi connectivity index (χ1v) is 7.49. The van der Waals surface area contributed by atoms with Crippen molar-refractivity contribution >= 4 is 6.09 Å². The van der Waals surface area contributed by atoms with Crippen molar-refractivity contribution in [2.24, 2.45) is 0 Å². The summed E-state index contributed by atoms with van der Waals surface area (Å²) >= 11 is 0. The zero-order valence-electron chi connectivity index (χ0n) is 13.3. The molecular weight excluding hydrogens is 270 g/mol. The van der Waals surface area contributed by atoms with Gasteiger partial charge in [-0.25, -0.2) is 4.79 Å². The molecule has 0 fully saturated rings. The summed E-state index contributed by atoms with van der Waals surface area (Å²) in [7, 11) is 0. The van der Waals surface area contributed by atoms with Gasteiger partial charge in [-0.15, -0.1) is 10.2 Å². The fraction of sp³-hybridized carbons (Fsp3) is 0.786. The highest BCUT2D eigenvalue weighted by Crippen LogP contribution is 2.18. The Morgan fingerprint density at radius 3 is 2.86 bits per heavy atom. The smallest absolute Gasteiger partial charge is 0.407 e. The van der Waals surface area contributed by atoms with Crippen molar-refractivity contribution in [3.63, 3.8) is 0 Å². The van der Waals surface area contributed by atoms with E-state index in [1.165, 1.54) is 0 Å². The molecule has 1 aromatic rings. The van der Waals surface area contributed by atoms with Gasteiger partial charge in [0.15, 0.2) is 0 Å². The molecular formula is C14H25N5O2. The maximum atomic E-state index is 11.5. The second-order valence-electron chi connectivity index (χ2n) is 6.33. The Kier molecular flexibility index (Phi) is 4.82. The summed E-state index contributed by atoms with van der Waals surface area (Å²) in [4.78, 5) is 11.5. The number of carbonyl (C=O) groups is 1. The monoisotopic (exact) mass is 295 g/mol. The zero-order valence-corrected chi connectivity index (χ0v) is 13.3. The van der Waals surface area contributed by atoms with Crippen LogP contribution in [0.2, 0.25) is 0 Å². The van der Waals surface area contributed by atoms with Crippen molar-refractivity contribution in [1.29, 1.82) is 0 Å². The fourth-order valence-electron chi connectivity index (χ4n) is 2.35. The SMILES string of the molecule is CC(NCCNC(=O)OC(C)(C)C)c1nnc2n1CCC2. The van der Waals surface area contributed by atoms with E-state index >= 15 is 0 Å². The van der Waals surface area contributed by atoms with E-state index in [9.17, 15) is 4.79 Å². The lowest BCUT2D eigenvalue weighted by molar-refractivity contribution is 0.0528. The lowest BCUT2D eigenvalue weighted by atomic mass is 10.2.